The first kappa shape index (κ1) is 13.8. The number of thiazole rings is 1. The number of aromatic nitrogens is 1. The van der Waals surface area contributed by atoms with Crippen LogP contribution in [0.15, 0.2) is 35.8 Å². The quantitative estimate of drug-likeness (QED) is 0.937. The van der Waals surface area contributed by atoms with Crippen LogP contribution in [0, 0.1) is 6.92 Å². The minimum Gasteiger partial charge on any atom is -0.339 e. The van der Waals surface area contributed by atoms with Crippen LogP contribution in [0.4, 0.5) is 0 Å². The molecular weight excluding hydrogens is 286 g/mol. The number of nitrogens with one attached hydrogen (secondary N) is 1. The Morgan fingerprint density at radius 1 is 1.33 bits per heavy atom. The number of carbonyl (C=O) groups excluding carboxylic acids is 2. The second kappa shape index (κ2) is 5.65. The molecule has 1 N–H and O–H groups in total. The van der Waals surface area contributed by atoms with Gasteiger partial charge in [0.15, 0.2) is 0 Å². The molecule has 1 atom stereocenters. The van der Waals surface area contributed by atoms with Gasteiger partial charge in [0, 0.05) is 4.88 Å². The third-order valence-corrected chi connectivity index (χ3v) is 4.43. The molecule has 5 nitrogen and oxygen atoms in total. The van der Waals surface area contributed by atoms with Crippen LogP contribution in [0.5, 0.6) is 0 Å². The van der Waals surface area contributed by atoms with E-state index < -0.39 is 6.04 Å². The lowest BCUT2D eigenvalue weighted by Crippen LogP contribution is -2.52. The molecule has 1 aromatic carbocycles. The first-order chi connectivity index (χ1) is 10.1. The maximum absolute atomic E-state index is 12.6. The zero-order chi connectivity index (χ0) is 14.8. The number of hydrogen-bond donors (Lipinski definition) is 1. The third kappa shape index (κ3) is 2.80. The molecule has 1 aliphatic heterocycles. The molecule has 0 radical (unpaired) electrons. The lowest BCUT2D eigenvalue weighted by molar-refractivity contribution is -0.145. The molecule has 0 aliphatic carbocycles. The predicted molar refractivity (Wildman–Crippen MR) is 79.6 cm³/mol. The minimum atomic E-state index is -0.597. The van der Waals surface area contributed by atoms with E-state index in [2.05, 4.69) is 10.3 Å². The van der Waals surface area contributed by atoms with E-state index in [9.17, 15) is 9.59 Å². The Labute approximate surface area is 126 Å². The van der Waals surface area contributed by atoms with Gasteiger partial charge in [-0.3, -0.25) is 9.59 Å². The lowest BCUT2D eigenvalue weighted by Gasteiger charge is -2.32. The Bertz CT molecular complexity index is 669. The maximum atomic E-state index is 12.6. The number of piperazine rings is 1. The largest absolute Gasteiger partial charge is 0.339 e. The van der Waals surface area contributed by atoms with E-state index in [1.54, 1.807) is 10.4 Å². The highest BCUT2D eigenvalue weighted by molar-refractivity contribution is 7.09. The maximum Gasteiger partial charge on any atom is 0.250 e. The number of rotatable bonds is 3. The van der Waals surface area contributed by atoms with E-state index >= 15 is 0 Å². The number of hydrogen-bond acceptors (Lipinski definition) is 4. The van der Waals surface area contributed by atoms with Gasteiger partial charge >= 0.3 is 0 Å². The molecular formula is C15H15N3O2S. The van der Waals surface area contributed by atoms with Crippen molar-refractivity contribution in [3.05, 3.63) is 52.0 Å². The van der Waals surface area contributed by atoms with Crippen molar-refractivity contribution >= 4 is 23.2 Å². The minimum absolute atomic E-state index is 0.0754. The monoisotopic (exact) mass is 301 g/mol. The summed E-state index contributed by atoms with van der Waals surface area (Å²) in [5.41, 5.74) is 3.48. The van der Waals surface area contributed by atoms with E-state index in [1.165, 1.54) is 11.3 Å². The molecule has 1 aliphatic rings. The summed E-state index contributed by atoms with van der Waals surface area (Å²) in [7, 11) is 0. The average Bonchev–Trinajstić information content (AvgIpc) is 2.89. The number of carbonyl (C=O) groups is 2. The molecule has 1 saturated heterocycles. The van der Waals surface area contributed by atoms with Crippen LogP contribution in [0.3, 0.4) is 0 Å². The van der Waals surface area contributed by atoms with Crippen LogP contribution in [0.2, 0.25) is 0 Å². The summed E-state index contributed by atoms with van der Waals surface area (Å²) in [5.74, 6) is -0.209. The highest BCUT2D eigenvalue weighted by Gasteiger charge is 2.33. The van der Waals surface area contributed by atoms with Crippen molar-refractivity contribution < 1.29 is 9.59 Å². The van der Waals surface area contributed by atoms with Gasteiger partial charge in [-0.2, -0.15) is 0 Å². The molecule has 0 bridgehead atoms. The number of aryl methyl sites for hydroxylation is 1. The van der Waals surface area contributed by atoms with E-state index in [4.69, 9.17) is 0 Å². The molecule has 2 aromatic rings. The fourth-order valence-electron chi connectivity index (χ4n) is 2.36. The van der Waals surface area contributed by atoms with Gasteiger partial charge < -0.3 is 10.2 Å². The summed E-state index contributed by atoms with van der Waals surface area (Å²) >= 11 is 1.51. The summed E-state index contributed by atoms with van der Waals surface area (Å²) in [6, 6.07) is 8.72. The van der Waals surface area contributed by atoms with Gasteiger partial charge in [0.1, 0.15) is 12.6 Å². The Hall–Kier alpha value is -2.21. The zero-order valence-corrected chi connectivity index (χ0v) is 12.4. The molecule has 1 aromatic heterocycles. The average molecular weight is 301 g/mol. The summed E-state index contributed by atoms with van der Waals surface area (Å²) in [6.45, 7) is 2.45. The van der Waals surface area contributed by atoms with Gasteiger partial charge in [0.2, 0.25) is 5.91 Å². The summed E-state index contributed by atoms with van der Waals surface area (Å²) in [6.07, 6.45) is 0. The second-order valence-electron chi connectivity index (χ2n) is 4.97. The molecule has 1 fully saturated rings. The molecule has 3 rings (SSSR count). The highest BCUT2D eigenvalue weighted by atomic mass is 32.1. The van der Waals surface area contributed by atoms with E-state index in [0.29, 0.717) is 6.54 Å². The van der Waals surface area contributed by atoms with Crippen LogP contribution in [-0.4, -0.2) is 28.2 Å². The third-order valence-electron chi connectivity index (χ3n) is 3.51. The van der Waals surface area contributed by atoms with Gasteiger partial charge in [-0.1, -0.05) is 30.3 Å². The van der Waals surface area contributed by atoms with Crippen molar-refractivity contribution in [2.45, 2.75) is 19.5 Å². The van der Waals surface area contributed by atoms with Crippen molar-refractivity contribution in [3.63, 3.8) is 0 Å². The van der Waals surface area contributed by atoms with Gasteiger partial charge in [0.05, 0.1) is 17.7 Å². The fourth-order valence-corrected chi connectivity index (χ4v) is 3.15. The highest BCUT2D eigenvalue weighted by Crippen LogP contribution is 2.22. The number of benzene rings is 1. The van der Waals surface area contributed by atoms with Crippen molar-refractivity contribution in [1.29, 1.82) is 0 Å². The number of nitrogens with zero attached hydrogens (tertiary/aromatic N) is 2. The topological polar surface area (TPSA) is 62.3 Å². The van der Waals surface area contributed by atoms with Gasteiger partial charge in [-0.25, -0.2) is 4.98 Å². The molecule has 0 saturated carbocycles. The molecule has 6 heteroatoms. The van der Waals surface area contributed by atoms with Crippen LogP contribution >= 0.6 is 11.3 Å². The standard InChI is InChI=1S/C15H15N3O2S/c1-10-12(21-9-16-10)7-18-8-13(19)17-14(15(18)20)11-5-3-2-4-6-11/h2-6,9,14H,7-8H2,1H3,(H,17,19). The summed E-state index contributed by atoms with van der Waals surface area (Å²) in [4.78, 5) is 31.3. The Balaban J connectivity index is 1.84. The summed E-state index contributed by atoms with van der Waals surface area (Å²) < 4.78 is 0. The molecule has 108 valence electrons. The molecule has 0 spiro atoms. The molecule has 2 amide bonds. The van der Waals surface area contributed by atoms with Crippen molar-refractivity contribution in [2.24, 2.45) is 0 Å². The van der Waals surface area contributed by atoms with E-state index in [0.717, 1.165) is 16.1 Å². The normalized spacial score (nSPS) is 18.7. The number of amides is 2. The first-order valence-corrected chi connectivity index (χ1v) is 7.55. The van der Waals surface area contributed by atoms with Crippen molar-refractivity contribution in [2.75, 3.05) is 6.54 Å². The van der Waals surface area contributed by atoms with Crippen LogP contribution in [0.1, 0.15) is 22.2 Å². The molecule has 1 unspecified atom stereocenters. The van der Waals surface area contributed by atoms with Crippen molar-refractivity contribution in [3.8, 4) is 0 Å². The Kier molecular flexibility index (Phi) is 3.70. The first-order valence-electron chi connectivity index (χ1n) is 6.67. The van der Waals surface area contributed by atoms with Crippen molar-refractivity contribution in [1.82, 2.24) is 15.2 Å². The Morgan fingerprint density at radius 2 is 2.10 bits per heavy atom. The van der Waals surface area contributed by atoms with Crippen LogP contribution in [-0.2, 0) is 16.1 Å². The fraction of sp³-hybridized carbons (Fsp3) is 0.267. The SMILES string of the molecule is Cc1ncsc1CN1CC(=O)NC(c2ccccc2)C1=O. The second-order valence-corrected chi connectivity index (χ2v) is 5.91. The van der Waals surface area contributed by atoms with Gasteiger partial charge in [0.25, 0.3) is 5.91 Å². The predicted octanol–water partition coefficient (Wildman–Crippen LogP) is 1.65. The van der Waals surface area contributed by atoms with Crippen LogP contribution < -0.4 is 5.32 Å². The Morgan fingerprint density at radius 3 is 2.76 bits per heavy atom. The lowest BCUT2D eigenvalue weighted by atomic mass is 10.0. The van der Waals surface area contributed by atoms with E-state index in [-0.39, 0.29) is 18.4 Å². The van der Waals surface area contributed by atoms with E-state index in [1.807, 2.05) is 37.3 Å². The summed E-state index contributed by atoms with van der Waals surface area (Å²) in [5, 5.41) is 2.76. The molecule has 2 heterocycles. The van der Waals surface area contributed by atoms with Crippen LogP contribution in [0.25, 0.3) is 0 Å². The zero-order valence-electron chi connectivity index (χ0n) is 11.6. The molecule has 21 heavy (non-hydrogen) atoms. The smallest absolute Gasteiger partial charge is 0.250 e. The van der Waals surface area contributed by atoms with Gasteiger partial charge in [-0.15, -0.1) is 11.3 Å². The van der Waals surface area contributed by atoms with Gasteiger partial charge in [-0.05, 0) is 12.5 Å².